The summed E-state index contributed by atoms with van der Waals surface area (Å²) in [5, 5.41) is 6.54. The van der Waals surface area contributed by atoms with Gasteiger partial charge in [-0.3, -0.25) is 9.59 Å². The summed E-state index contributed by atoms with van der Waals surface area (Å²) < 4.78 is 5.61. The topological polar surface area (TPSA) is 71.3 Å². The molecule has 3 rings (SSSR count). The largest absolute Gasteiger partial charge is 0.464 e. The summed E-state index contributed by atoms with van der Waals surface area (Å²) in [6, 6.07) is 3.60. The van der Waals surface area contributed by atoms with Crippen molar-refractivity contribution in [3.8, 4) is 0 Å². The third kappa shape index (κ3) is 2.71. The molecule has 0 bridgehead atoms. The minimum atomic E-state index is -0.414. The quantitative estimate of drug-likeness (QED) is 0.910. The van der Waals surface area contributed by atoms with Crippen molar-refractivity contribution < 1.29 is 14.0 Å². The van der Waals surface area contributed by atoms with Gasteiger partial charge >= 0.3 is 0 Å². The van der Waals surface area contributed by atoms with E-state index < -0.39 is 6.04 Å². The fourth-order valence-corrected chi connectivity index (χ4v) is 2.85. The van der Waals surface area contributed by atoms with Gasteiger partial charge in [0.2, 0.25) is 11.8 Å². The first-order valence-corrected chi connectivity index (χ1v) is 7.59. The summed E-state index contributed by atoms with van der Waals surface area (Å²) in [6.07, 6.45) is 3.45. The highest BCUT2D eigenvalue weighted by Crippen LogP contribution is 2.26. The van der Waals surface area contributed by atoms with Crippen LogP contribution in [0.1, 0.15) is 29.5 Å². The summed E-state index contributed by atoms with van der Waals surface area (Å²) in [6.45, 7) is 4.74. The maximum Gasteiger partial charge on any atom is 0.242 e. The number of benzene rings is 1. The predicted octanol–water partition coefficient (Wildman–Crippen LogP) is 1.99. The first-order chi connectivity index (χ1) is 10.6. The second-order valence-corrected chi connectivity index (χ2v) is 5.88. The first kappa shape index (κ1) is 14.6. The van der Waals surface area contributed by atoms with E-state index >= 15 is 0 Å². The number of piperidine rings is 1. The number of amides is 2. The van der Waals surface area contributed by atoms with Crippen molar-refractivity contribution in [2.45, 2.75) is 39.2 Å². The predicted molar refractivity (Wildman–Crippen MR) is 83.6 cm³/mol. The zero-order valence-corrected chi connectivity index (χ0v) is 12.9. The smallest absolute Gasteiger partial charge is 0.242 e. The van der Waals surface area contributed by atoms with Crippen molar-refractivity contribution in [3.05, 3.63) is 35.1 Å². The van der Waals surface area contributed by atoms with Crippen molar-refractivity contribution >= 4 is 22.8 Å². The Kier molecular flexibility index (Phi) is 3.88. The molecule has 0 aliphatic carbocycles. The number of fused-ring (bicyclic) bond motifs is 1. The Labute approximate surface area is 129 Å². The van der Waals surface area contributed by atoms with Gasteiger partial charge in [0.25, 0.3) is 0 Å². The highest BCUT2D eigenvalue weighted by Gasteiger charge is 2.24. The minimum absolute atomic E-state index is 0.0943. The molecule has 116 valence electrons. The zero-order valence-electron chi connectivity index (χ0n) is 12.9. The van der Waals surface area contributed by atoms with Crippen LogP contribution in [-0.4, -0.2) is 24.4 Å². The minimum Gasteiger partial charge on any atom is -0.464 e. The molecule has 1 unspecified atom stereocenters. The summed E-state index contributed by atoms with van der Waals surface area (Å²) in [5.41, 5.74) is 3.94. The van der Waals surface area contributed by atoms with E-state index in [0.29, 0.717) is 13.0 Å². The number of carbonyl (C=O) groups excluding carboxylic acids is 2. The Balaban J connectivity index is 1.74. The fraction of sp³-hybridized carbons (Fsp3) is 0.412. The van der Waals surface area contributed by atoms with Gasteiger partial charge in [-0.1, -0.05) is 12.1 Å². The first-order valence-electron chi connectivity index (χ1n) is 7.59. The van der Waals surface area contributed by atoms with Crippen molar-refractivity contribution in [3.63, 3.8) is 0 Å². The number of aryl methyl sites for hydroxylation is 2. The average molecular weight is 300 g/mol. The van der Waals surface area contributed by atoms with Crippen molar-refractivity contribution in [2.24, 2.45) is 0 Å². The molecule has 2 heterocycles. The van der Waals surface area contributed by atoms with Gasteiger partial charge in [0.05, 0.1) is 12.7 Å². The highest BCUT2D eigenvalue weighted by atomic mass is 16.3. The number of carbonyl (C=O) groups is 2. The number of hydrogen-bond acceptors (Lipinski definition) is 3. The molecular weight excluding hydrogens is 280 g/mol. The molecule has 22 heavy (non-hydrogen) atoms. The van der Waals surface area contributed by atoms with E-state index in [-0.39, 0.29) is 18.2 Å². The van der Waals surface area contributed by atoms with Crippen LogP contribution in [0.25, 0.3) is 11.0 Å². The van der Waals surface area contributed by atoms with Crippen LogP contribution in [-0.2, 0) is 16.0 Å². The Morgan fingerprint density at radius 2 is 2.23 bits per heavy atom. The lowest BCUT2D eigenvalue weighted by Crippen LogP contribution is -2.50. The van der Waals surface area contributed by atoms with E-state index in [4.69, 9.17) is 4.42 Å². The van der Waals surface area contributed by atoms with E-state index in [9.17, 15) is 9.59 Å². The second kappa shape index (κ2) is 5.83. The number of furan rings is 1. The molecule has 2 aromatic rings. The van der Waals surface area contributed by atoms with Gasteiger partial charge in [-0.2, -0.15) is 0 Å². The zero-order chi connectivity index (χ0) is 15.7. The third-order valence-corrected chi connectivity index (χ3v) is 4.31. The molecule has 0 radical (unpaired) electrons. The van der Waals surface area contributed by atoms with Gasteiger partial charge in [0.1, 0.15) is 11.6 Å². The molecule has 0 saturated carbocycles. The number of hydrogen-bond donors (Lipinski definition) is 2. The lowest BCUT2D eigenvalue weighted by Gasteiger charge is -2.22. The van der Waals surface area contributed by atoms with E-state index in [2.05, 4.69) is 10.6 Å². The molecule has 1 aliphatic heterocycles. The van der Waals surface area contributed by atoms with Gasteiger partial charge in [-0.25, -0.2) is 0 Å². The Morgan fingerprint density at radius 1 is 1.41 bits per heavy atom. The van der Waals surface area contributed by atoms with Gasteiger partial charge in [-0.15, -0.1) is 0 Å². The molecule has 1 fully saturated rings. The second-order valence-electron chi connectivity index (χ2n) is 5.88. The summed E-state index contributed by atoms with van der Waals surface area (Å²) in [5.74, 6) is -0.244. The SMILES string of the molecule is Cc1ccc2c(CC(=O)NC3CCCNC3=O)coc2c1C. The van der Waals surface area contributed by atoms with Crippen LogP contribution in [0.4, 0.5) is 0 Å². The van der Waals surface area contributed by atoms with Crippen molar-refractivity contribution in [1.82, 2.24) is 10.6 Å². The summed E-state index contributed by atoms with van der Waals surface area (Å²) in [7, 11) is 0. The Hall–Kier alpha value is -2.30. The molecule has 5 heteroatoms. The molecule has 1 atom stereocenters. The lowest BCUT2D eigenvalue weighted by atomic mass is 10.0. The lowest BCUT2D eigenvalue weighted by molar-refractivity contribution is -0.129. The summed E-state index contributed by atoms with van der Waals surface area (Å²) >= 11 is 0. The Morgan fingerprint density at radius 3 is 3.00 bits per heavy atom. The molecule has 1 aromatic carbocycles. The van der Waals surface area contributed by atoms with Gasteiger partial charge in [0, 0.05) is 17.5 Å². The maximum absolute atomic E-state index is 12.2. The van der Waals surface area contributed by atoms with Crippen LogP contribution in [0.2, 0.25) is 0 Å². The summed E-state index contributed by atoms with van der Waals surface area (Å²) in [4.78, 5) is 23.9. The highest BCUT2D eigenvalue weighted by molar-refractivity contribution is 5.92. The normalized spacial score (nSPS) is 18.3. The van der Waals surface area contributed by atoms with Gasteiger partial charge < -0.3 is 15.1 Å². The van der Waals surface area contributed by atoms with Crippen LogP contribution in [0.5, 0.6) is 0 Å². The molecular formula is C17H20N2O3. The van der Waals surface area contributed by atoms with Crippen LogP contribution < -0.4 is 10.6 Å². The van der Waals surface area contributed by atoms with Crippen molar-refractivity contribution in [1.29, 1.82) is 0 Å². The van der Waals surface area contributed by atoms with E-state index in [1.165, 1.54) is 0 Å². The standard InChI is InChI=1S/C17H20N2O3/c1-10-5-6-13-12(9-22-16(13)11(10)2)8-15(20)19-14-4-3-7-18-17(14)21/h5-6,9,14H,3-4,7-8H2,1-2H3,(H,18,21)(H,19,20). The van der Waals surface area contributed by atoms with Crippen LogP contribution in [0.15, 0.2) is 22.8 Å². The monoisotopic (exact) mass is 300 g/mol. The molecule has 1 saturated heterocycles. The molecule has 0 spiro atoms. The molecule has 1 aliphatic rings. The molecule has 2 amide bonds. The van der Waals surface area contributed by atoms with Crippen LogP contribution in [0.3, 0.4) is 0 Å². The average Bonchev–Trinajstić information content (AvgIpc) is 2.89. The third-order valence-electron chi connectivity index (χ3n) is 4.31. The van der Waals surface area contributed by atoms with E-state index in [1.54, 1.807) is 6.26 Å². The number of rotatable bonds is 3. The van der Waals surface area contributed by atoms with E-state index in [1.807, 2.05) is 26.0 Å². The molecule has 1 aromatic heterocycles. The van der Waals surface area contributed by atoms with E-state index in [0.717, 1.165) is 34.1 Å². The van der Waals surface area contributed by atoms with Gasteiger partial charge in [0.15, 0.2) is 0 Å². The number of nitrogens with one attached hydrogen (secondary N) is 2. The Bertz CT molecular complexity index is 733. The molecule has 2 N–H and O–H groups in total. The van der Waals surface area contributed by atoms with Crippen molar-refractivity contribution in [2.75, 3.05) is 6.54 Å². The van der Waals surface area contributed by atoms with Crippen LogP contribution >= 0.6 is 0 Å². The molecule has 5 nitrogen and oxygen atoms in total. The maximum atomic E-state index is 12.2. The fourth-order valence-electron chi connectivity index (χ4n) is 2.85. The van der Waals surface area contributed by atoms with Gasteiger partial charge in [-0.05, 0) is 37.8 Å². The van der Waals surface area contributed by atoms with Crippen LogP contribution in [0, 0.1) is 13.8 Å².